The molecule has 0 N–H and O–H groups in total. The van der Waals surface area contributed by atoms with Gasteiger partial charge in [-0.3, -0.25) is 14.2 Å². The summed E-state index contributed by atoms with van der Waals surface area (Å²) >= 11 is 1.95. The summed E-state index contributed by atoms with van der Waals surface area (Å²) in [4.78, 5) is 42.0. The first-order chi connectivity index (χ1) is 14.7. The van der Waals surface area contributed by atoms with Crippen molar-refractivity contribution in [2.24, 2.45) is 5.92 Å². The highest BCUT2D eigenvalue weighted by molar-refractivity contribution is 7.99. The molecule has 160 valence electrons. The lowest BCUT2D eigenvalue weighted by molar-refractivity contribution is -0.149. The third-order valence-corrected chi connectivity index (χ3v) is 6.31. The minimum absolute atomic E-state index is 0.176. The average molecular weight is 431 g/mol. The fourth-order valence-electron chi connectivity index (χ4n) is 3.78. The molecule has 2 aromatic rings. The second-order valence-corrected chi connectivity index (χ2v) is 8.57. The molecule has 4 heterocycles. The highest BCUT2D eigenvalue weighted by Gasteiger charge is 2.30. The number of amides is 1. The van der Waals surface area contributed by atoms with Gasteiger partial charge in [-0.2, -0.15) is 11.8 Å². The van der Waals surface area contributed by atoms with Gasteiger partial charge in [0.05, 0.1) is 12.5 Å². The van der Waals surface area contributed by atoms with Crippen LogP contribution in [0.15, 0.2) is 24.9 Å². The summed E-state index contributed by atoms with van der Waals surface area (Å²) in [6, 6.07) is 1.92. The number of hydrogen-bond donors (Lipinski definition) is 0. The zero-order valence-corrected chi connectivity index (χ0v) is 17.9. The third kappa shape index (κ3) is 4.58. The van der Waals surface area contributed by atoms with Crippen molar-refractivity contribution in [3.8, 4) is 5.82 Å². The maximum Gasteiger partial charge on any atom is 0.310 e. The Labute approximate surface area is 179 Å². The second kappa shape index (κ2) is 9.46. The van der Waals surface area contributed by atoms with Gasteiger partial charge in [0.1, 0.15) is 30.0 Å². The van der Waals surface area contributed by atoms with Gasteiger partial charge in [-0.15, -0.1) is 0 Å². The summed E-state index contributed by atoms with van der Waals surface area (Å²) in [5.74, 6) is 3.06. The molecule has 4 rings (SSSR count). The van der Waals surface area contributed by atoms with Crippen molar-refractivity contribution in [2.45, 2.75) is 19.8 Å². The van der Waals surface area contributed by atoms with E-state index < -0.39 is 0 Å². The van der Waals surface area contributed by atoms with Crippen LogP contribution in [0.3, 0.4) is 0 Å². The van der Waals surface area contributed by atoms with Gasteiger partial charge in [0.15, 0.2) is 0 Å². The van der Waals surface area contributed by atoms with Crippen LogP contribution in [0.5, 0.6) is 0 Å². The number of likely N-dealkylation sites (tertiary alicyclic amines) is 1. The maximum absolute atomic E-state index is 12.9. The van der Waals surface area contributed by atoms with Crippen molar-refractivity contribution in [3.05, 3.63) is 30.6 Å². The van der Waals surface area contributed by atoms with Crippen LogP contribution in [0.2, 0.25) is 0 Å². The van der Waals surface area contributed by atoms with Crippen LogP contribution in [-0.2, 0) is 9.53 Å². The molecule has 10 heteroatoms. The van der Waals surface area contributed by atoms with Gasteiger partial charge < -0.3 is 14.5 Å². The van der Waals surface area contributed by atoms with Crippen molar-refractivity contribution in [1.82, 2.24) is 24.4 Å². The predicted octanol–water partition coefficient (Wildman–Crippen LogP) is 1.63. The van der Waals surface area contributed by atoms with E-state index in [-0.39, 0.29) is 17.8 Å². The van der Waals surface area contributed by atoms with Crippen LogP contribution in [0.1, 0.15) is 30.3 Å². The van der Waals surface area contributed by atoms with Crippen LogP contribution in [0.25, 0.3) is 5.82 Å². The number of rotatable bonds is 5. The van der Waals surface area contributed by atoms with E-state index in [1.54, 1.807) is 35.2 Å². The van der Waals surface area contributed by atoms with E-state index in [0.29, 0.717) is 31.2 Å². The van der Waals surface area contributed by atoms with Crippen molar-refractivity contribution in [3.63, 3.8) is 0 Å². The number of anilines is 1. The summed E-state index contributed by atoms with van der Waals surface area (Å²) in [6.45, 7) is 5.06. The molecular weight excluding hydrogens is 404 g/mol. The van der Waals surface area contributed by atoms with Gasteiger partial charge in [0.25, 0.3) is 5.91 Å². The summed E-state index contributed by atoms with van der Waals surface area (Å²) in [6.07, 6.45) is 6.35. The average Bonchev–Trinajstić information content (AvgIpc) is 3.30. The zero-order valence-electron chi connectivity index (χ0n) is 17.1. The molecule has 1 amide bonds. The van der Waals surface area contributed by atoms with Crippen molar-refractivity contribution in [2.75, 3.05) is 49.2 Å². The van der Waals surface area contributed by atoms with Crippen LogP contribution in [0.4, 0.5) is 5.82 Å². The monoisotopic (exact) mass is 430 g/mol. The van der Waals surface area contributed by atoms with E-state index >= 15 is 0 Å². The predicted molar refractivity (Wildman–Crippen MR) is 114 cm³/mol. The highest BCUT2D eigenvalue weighted by Crippen LogP contribution is 2.21. The van der Waals surface area contributed by atoms with Gasteiger partial charge in [0, 0.05) is 49.9 Å². The minimum Gasteiger partial charge on any atom is -0.466 e. The fraction of sp³-hybridized carbons (Fsp3) is 0.550. The molecule has 0 aliphatic carbocycles. The van der Waals surface area contributed by atoms with E-state index in [0.717, 1.165) is 43.3 Å². The number of thioether (sulfide) groups is 1. The Hall–Kier alpha value is -2.62. The highest BCUT2D eigenvalue weighted by atomic mass is 32.2. The fourth-order valence-corrected chi connectivity index (χ4v) is 4.68. The van der Waals surface area contributed by atoms with Crippen molar-refractivity contribution >= 4 is 29.5 Å². The standard InChI is InChI=1S/C20H26N6O3S/c1-2-29-20(28)15-4-3-5-25(11-15)19(27)16-12-26(14-23-16)18-10-17(21-13-22-18)24-6-8-30-9-7-24/h10,12-15H,2-9,11H2,1H3/t15-/m1/s1. The molecule has 0 spiro atoms. The normalized spacial score (nSPS) is 19.6. The van der Waals surface area contributed by atoms with Crippen molar-refractivity contribution in [1.29, 1.82) is 0 Å². The van der Waals surface area contributed by atoms with Crippen LogP contribution in [-0.4, -0.2) is 80.6 Å². The number of nitrogens with zero attached hydrogens (tertiary/aromatic N) is 6. The molecule has 1 atom stereocenters. The number of hydrogen-bond acceptors (Lipinski definition) is 8. The van der Waals surface area contributed by atoms with Gasteiger partial charge >= 0.3 is 5.97 Å². The molecular formula is C20H26N6O3S. The summed E-state index contributed by atoms with van der Waals surface area (Å²) in [7, 11) is 0. The van der Waals surface area contributed by atoms with E-state index in [1.807, 2.05) is 17.8 Å². The lowest BCUT2D eigenvalue weighted by atomic mass is 9.98. The minimum atomic E-state index is -0.267. The van der Waals surface area contributed by atoms with Gasteiger partial charge in [-0.05, 0) is 19.8 Å². The van der Waals surface area contributed by atoms with E-state index in [4.69, 9.17) is 4.74 Å². The largest absolute Gasteiger partial charge is 0.466 e. The van der Waals surface area contributed by atoms with Gasteiger partial charge in [-0.25, -0.2) is 15.0 Å². The number of carbonyl (C=O) groups excluding carboxylic acids is 2. The summed E-state index contributed by atoms with van der Waals surface area (Å²) in [5.41, 5.74) is 0.342. The third-order valence-electron chi connectivity index (χ3n) is 5.37. The molecule has 2 saturated heterocycles. The first-order valence-corrected chi connectivity index (χ1v) is 11.5. The lowest BCUT2D eigenvalue weighted by Gasteiger charge is -2.31. The van der Waals surface area contributed by atoms with Gasteiger partial charge in [-0.1, -0.05) is 0 Å². The second-order valence-electron chi connectivity index (χ2n) is 7.34. The topological polar surface area (TPSA) is 93.5 Å². The number of carbonyl (C=O) groups is 2. The van der Waals surface area contributed by atoms with E-state index in [9.17, 15) is 9.59 Å². The molecule has 9 nitrogen and oxygen atoms in total. The Kier molecular flexibility index (Phi) is 6.51. The van der Waals surface area contributed by atoms with Crippen LogP contribution in [0, 0.1) is 5.92 Å². The molecule has 2 aliphatic heterocycles. The Morgan fingerprint density at radius 3 is 2.77 bits per heavy atom. The molecule has 2 aliphatic rings. The number of ether oxygens (including phenoxy) is 1. The number of imidazole rings is 1. The number of aromatic nitrogens is 4. The molecule has 0 bridgehead atoms. The lowest BCUT2D eigenvalue weighted by Crippen LogP contribution is -2.43. The molecule has 0 saturated carbocycles. The van der Waals surface area contributed by atoms with Gasteiger partial charge in [0.2, 0.25) is 0 Å². The Balaban J connectivity index is 1.46. The van der Waals surface area contributed by atoms with Crippen LogP contribution >= 0.6 is 11.8 Å². The molecule has 0 aromatic carbocycles. The Morgan fingerprint density at radius 2 is 1.97 bits per heavy atom. The zero-order chi connectivity index (χ0) is 20.9. The van der Waals surface area contributed by atoms with Crippen molar-refractivity contribution < 1.29 is 14.3 Å². The Bertz CT molecular complexity index is 898. The maximum atomic E-state index is 12.9. The van der Waals surface area contributed by atoms with E-state index in [2.05, 4.69) is 19.9 Å². The smallest absolute Gasteiger partial charge is 0.310 e. The quantitative estimate of drug-likeness (QED) is 0.661. The number of piperidine rings is 1. The molecule has 2 fully saturated rings. The molecule has 0 radical (unpaired) electrons. The summed E-state index contributed by atoms with van der Waals surface area (Å²) in [5, 5.41) is 0. The Morgan fingerprint density at radius 1 is 1.17 bits per heavy atom. The SMILES string of the molecule is CCOC(=O)[C@@H]1CCCN(C(=O)c2cn(-c3cc(N4CCSCC4)ncn3)cn2)C1. The molecule has 0 unspecified atom stereocenters. The van der Waals surface area contributed by atoms with E-state index in [1.165, 1.54) is 0 Å². The number of esters is 1. The molecule has 2 aromatic heterocycles. The first-order valence-electron chi connectivity index (χ1n) is 10.3. The first kappa shape index (κ1) is 20.6. The van der Waals surface area contributed by atoms with Crippen LogP contribution < -0.4 is 4.90 Å². The summed E-state index contributed by atoms with van der Waals surface area (Å²) < 4.78 is 6.86. The molecule has 30 heavy (non-hydrogen) atoms.